The van der Waals surface area contributed by atoms with Gasteiger partial charge in [-0.2, -0.15) is 0 Å². The number of fused-ring (bicyclic) bond motifs is 1. The summed E-state index contributed by atoms with van der Waals surface area (Å²) < 4.78 is 22.5. The molecule has 1 aromatic heterocycles. The van der Waals surface area contributed by atoms with E-state index in [1.54, 1.807) is 12.3 Å². The summed E-state index contributed by atoms with van der Waals surface area (Å²) in [5.74, 6) is 0. The van der Waals surface area contributed by atoms with Gasteiger partial charge in [0.2, 0.25) is 0 Å². The van der Waals surface area contributed by atoms with Crippen LogP contribution in [0, 0.1) is 6.92 Å². The quantitative estimate of drug-likeness (QED) is 0.764. The molecule has 3 nitrogen and oxygen atoms in total. The average molecular weight is 230 g/mol. The molecule has 0 spiro atoms. The van der Waals surface area contributed by atoms with E-state index in [4.69, 9.17) is 10.7 Å². The van der Waals surface area contributed by atoms with Gasteiger partial charge in [-0.15, -0.1) is 0 Å². The van der Waals surface area contributed by atoms with E-state index in [2.05, 4.69) is 4.98 Å². The van der Waals surface area contributed by atoms with Crippen LogP contribution in [0.25, 0.3) is 10.9 Å². The lowest BCUT2D eigenvalue weighted by Gasteiger charge is -1.99. The van der Waals surface area contributed by atoms with Crippen molar-refractivity contribution in [2.24, 2.45) is 0 Å². The van der Waals surface area contributed by atoms with Crippen LogP contribution in [0.2, 0.25) is 0 Å². The molecule has 1 N–H and O–H groups in total. The third kappa shape index (κ3) is 1.40. The van der Waals surface area contributed by atoms with Gasteiger partial charge in [0.1, 0.15) is 0 Å². The smallest absolute Gasteiger partial charge is 0.261 e. The Kier molecular flexibility index (Phi) is 2.05. The lowest BCUT2D eigenvalue weighted by molar-refractivity contribution is 0.610. The summed E-state index contributed by atoms with van der Waals surface area (Å²) in [5.41, 5.74) is 1.66. The summed E-state index contributed by atoms with van der Waals surface area (Å²) in [6.07, 6.45) is 1.76. The maximum atomic E-state index is 11.2. The molecular weight excluding hydrogens is 222 g/mol. The Morgan fingerprint density at radius 2 is 2.07 bits per heavy atom. The maximum Gasteiger partial charge on any atom is 0.261 e. The lowest BCUT2D eigenvalue weighted by Crippen LogP contribution is -1.91. The van der Waals surface area contributed by atoms with E-state index in [1.807, 2.05) is 13.0 Å². The molecule has 1 aromatic carbocycles. The monoisotopic (exact) mass is 229 g/mol. The molecular formula is C9H8ClNO2S. The van der Waals surface area contributed by atoms with Crippen molar-refractivity contribution < 1.29 is 8.42 Å². The maximum absolute atomic E-state index is 11.2. The number of hydrogen-bond donors (Lipinski definition) is 1. The van der Waals surface area contributed by atoms with Gasteiger partial charge in [-0.25, -0.2) is 8.42 Å². The number of nitrogens with one attached hydrogen (secondary N) is 1. The molecule has 0 amide bonds. The zero-order valence-electron chi connectivity index (χ0n) is 7.41. The molecule has 0 aliphatic heterocycles. The van der Waals surface area contributed by atoms with E-state index in [9.17, 15) is 8.42 Å². The molecule has 0 aliphatic carbocycles. The molecule has 0 atom stereocenters. The van der Waals surface area contributed by atoms with Gasteiger partial charge in [-0.1, -0.05) is 6.07 Å². The highest BCUT2D eigenvalue weighted by atomic mass is 35.7. The highest BCUT2D eigenvalue weighted by molar-refractivity contribution is 8.14. The van der Waals surface area contributed by atoms with Gasteiger partial charge < -0.3 is 4.98 Å². The topological polar surface area (TPSA) is 49.9 Å². The summed E-state index contributed by atoms with van der Waals surface area (Å²) in [6, 6.07) is 4.98. The van der Waals surface area contributed by atoms with Crippen LogP contribution in [0.1, 0.15) is 5.56 Å². The summed E-state index contributed by atoms with van der Waals surface area (Å²) in [5, 5.41) is 0.669. The molecule has 74 valence electrons. The molecule has 0 unspecified atom stereocenters. The fraction of sp³-hybridized carbons (Fsp3) is 0.111. The van der Waals surface area contributed by atoms with Gasteiger partial charge in [0.05, 0.1) is 4.90 Å². The molecule has 0 radical (unpaired) electrons. The predicted molar refractivity (Wildman–Crippen MR) is 56.1 cm³/mol. The van der Waals surface area contributed by atoms with Gasteiger partial charge in [0, 0.05) is 27.8 Å². The standard InChI is InChI=1S/C9H8ClNO2S/c1-6-5-11-7-3-2-4-8(9(6)7)14(10,12)13/h2-5,11H,1H3. The van der Waals surface area contributed by atoms with Crippen LogP contribution in [0.4, 0.5) is 0 Å². The van der Waals surface area contributed by atoms with Crippen LogP contribution >= 0.6 is 10.7 Å². The minimum atomic E-state index is -3.67. The SMILES string of the molecule is Cc1c[nH]c2cccc(S(=O)(=O)Cl)c12. The van der Waals surface area contributed by atoms with E-state index < -0.39 is 9.05 Å². The fourth-order valence-electron chi connectivity index (χ4n) is 1.52. The minimum absolute atomic E-state index is 0.162. The Morgan fingerprint density at radius 1 is 1.36 bits per heavy atom. The van der Waals surface area contributed by atoms with Crippen molar-refractivity contribution >= 4 is 30.6 Å². The normalized spacial score (nSPS) is 12.1. The number of H-pyrrole nitrogens is 1. The molecule has 2 rings (SSSR count). The van der Waals surface area contributed by atoms with Crippen LogP contribution in [0.3, 0.4) is 0 Å². The van der Waals surface area contributed by atoms with Gasteiger partial charge in [0.15, 0.2) is 0 Å². The van der Waals surface area contributed by atoms with Crippen molar-refractivity contribution in [3.8, 4) is 0 Å². The number of aromatic amines is 1. The van der Waals surface area contributed by atoms with Crippen LogP contribution in [0.15, 0.2) is 29.3 Å². The van der Waals surface area contributed by atoms with Crippen LogP contribution < -0.4 is 0 Å². The second-order valence-corrected chi connectivity index (χ2v) is 5.62. The minimum Gasteiger partial charge on any atom is -0.361 e. The van der Waals surface area contributed by atoms with E-state index >= 15 is 0 Å². The summed E-state index contributed by atoms with van der Waals surface area (Å²) in [7, 11) is 1.66. The van der Waals surface area contributed by atoms with Crippen molar-refractivity contribution in [2.75, 3.05) is 0 Å². The largest absolute Gasteiger partial charge is 0.361 e. The number of rotatable bonds is 1. The molecule has 0 saturated heterocycles. The number of aryl methyl sites for hydroxylation is 1. The Labute approximate surface area is 86.1 Å². The van der Waals surface area contributed by atoms with Crippen molar-refractivity contribution in [3.05, 3.63) is 30.0 Å². The summed E-state index contributed by atoms with van der Waals surface area (Å²) in [6.45, 7) is 1.84. The lowest BCUT2D eigenvalue weighted by atomic mass is 10.2. The van der Waals surface area contributed by atoms with Crippen molar-refractivity contribution in [1.29, 1.82) is 0 Å². The van der Waals surface area contributed by atoms with Gasteiger partial charge in [0.25, 0.3) is 9.05 Å². The molecule has 0 bridgehead atoms. The first-order valence-electron chi connectivity index (χ1n) is 4.01. The number of aromatic nitrogens is 1. The van der Waals surface area contributed by atoms with Gasteiger partial charge in [-0.3, -0.25) is 0 Å². The van der Waals surface area contributed by atoms with Gasteiger partial charge >= 0.3 is 0 Å². The second kappa shape index (κ2) is 3.00. The summed E-state index contributed by atoms with van der Waals surface area (Å²) in [4.78, 5) is 3.14. The van der Waals surface area contributed by atoms with Gasteiger partial charge in [-0.05, 0) is 24.6 Å². The molecule has 2 aromatic rings. The Morgan fingerprint density at radius 3 is 2.71 bits per heavy atom. The first-order valence-corrected chi connectivity index (χ1v) is 6.32. The fourth-order valence-corrected chi connectivity index (χ4v) is 2.66. The molecule has 14 heavy (non-hydrogen) atoms. The molecule has 0 fully saturated rings. The molecule has 5 heteroatoms. The van der Waals surface area contributed by atoms with Crippen molar-refractivity contribution in [3.63, 3.8) is 0 Å². The van der Waals surface area contributed by atoms with E-state index in [-0.39, 0.29) is 4.90 Å². The summed E-state index contributed by atoms with van der Waals surface area (Å²) >= 11 is 0. The molecule has 0 saturated carbocycles. The van der Waals surface area contributed by atoms with E-state index in [0.29, 0.717) is 5.39 Å². The highest BCUT2D eigenvalue weighted by Crippen LogP contribution is 2.27. The third-order valence-electron chi connectivity index (χ3n) is 2.13. The Balaban J connectivity index is 2.96. The second-order valence-electron chi connectivity index (χ2n) is 3.09. The average Bonchev–Trinajstić information content (AvgIpc) is 2.46. The highest BCUT2D eigenvalue weighted by Gasteiger charge is 2.15. The zero-order chi connectivity index (χ0) is 10.3. The van der Waals surface area contributed by atoms with Crippen LogP contribution in [0.5, 0.6) is 0 Å². The number of halogens is 1. The Bertz CT molecular complexity index is 586. The number of hydrogen-bond acceptors (Lipinski definition) is 2. The van der Waals surface area contributed by atoms with E-state index in [1.165, 1.54) is 6.07 Å². The molecule has 0 aliphatic rings. The molecule has 1 heterocycles. The predicted octanol–water partition coefficient (Wildman–Crippen LogP) is 2.40. The van der Waals surface area contributed by atoms with Crippen molar-refractivity contribution in [2.45, 2.75) is 11.8 Å². The first kappa shape index (κ1) is 9.55. The van der Waals surface area contributed by atoms with Crippen molar-refractivity contribution in [1.82, 2.24) is 4.98 Å². The first-order chi connectivity index (χ1) is 6.50. The van der Waals surface area contributed by atoms with Crippen LogP contribution in [-0.4, -0.2) is 13.4 Å². The zero-order valence-corrected chi connectivity index (χ0v) is 8.98. The number of benzene rings is 1. The third-order valence-corrected chi connectivity index (χ3v) is 3.49. The van der Waals surface area contributed by atoms with E-state index in [0.717, 1.165) is 11.1 Å². The Hall–Kier alpha value is -1.00. The van der Waals surface area contributed by atoms with Crippen LogP contribution in [-0.2, 0) is 9.05 Å².